The van der Waals surface area contributed by atoms with Crippen LogP contribution in [-0.2, 0) is 11.2 Å². The van der Waals surface area contributed by atoms with Crippen molar-refractivity contribution in [2.24, 2.45) is 0 Å². The molecule has 7 heteroatoms. The fraction of sp³-hybridized carbons (Fsp3) is 0.158. The number of methoxy groups -OCH3 is 2. The Balaban J connectivity index is 0.00000243. The minimum absolute atomic E-state index is 0. The fourth-order valence-electron chi connectivity index (χ4n) is 2.58. The van der Waals surface area contributed by atoms with Gasteiger partial charge in [0.15, 0.2) is 5.76 Å². The molecule has 3 rings (SSSR count). The fourth-order valence-corrected chi connectivity index (χ4v) is 2.58. The first-order chi connectivity index (χ1) is 12.1. The molecule has 3 aromatic rings. The van der Waals surface area contributed by atoms with Gasteiger partial charge in [-0.15, -0.1) is 0 Å². The van der Waals surface area contributed by atoms with Crippen LogP contribution in [0.4, 0.5) is 0 Å². The van der Waals surface area contributed by atoms with Crippen molar-refractivity contribution >= 4 is 35.5 Å². The number of carbonyl (C=O) groups is 1. The number of carboxylic acids is 1. The van der Waals surface area contributed by atoms with E-state index in [-0.39, 0.29) is 36.0 Å². The maximum absolute atomic E-state index is 11.2. The standard InChI is InChI=1S/C19H17NO5.Na.H/c1-23-14-7-3-12(4-8-14)18-16(11-17(21)22)25-20-19(18)13-5-9-15(24-2)10-6-13;;/h3-10H,11H2,1-2H3,(H,21,22);;. The number of carboxylic acid groups (broad SMARTS) is 1. The number of nitrogens with zero attached hydrogens (tertiary/aromatic N) is 1. The molecule has 0 radical (unpaired) electrons. The third-order valence-corrected chi connectivity index (χ3v) is 3.82. The van der Waals surface area contributed by atoms with Gasteiger partial charge in [0.25, 0.3) is 0 Å². The zero-order chi connectivity index (χ0) is 17.8. The maximum atomic E-state index is 11.2. The first kappa shape index (κ1) is 20.0. The molecule has 1 heterocycles. The number of benzene rings is 2. The van der Waals surface area contributed by atoms with Crippen LogP contribution in [0.2, 0.25) is 0 Å². The molecule has 0 unspecified atom stereocenters. The van der Waals surface area contributed by atoms with Crippen LogP contribution in [0.5, 0.6) is 11.5 Å². The second-order valence-electron chi connectivity index (χ2n) is 5.36. The molecular weight excluding hydrogens is 345 g/mol. The Kier molecular flexibility index (Phi) is 6.85. The van der Waals surface area contributed by atoms with Crippen molar-refractivity contribution in [2.75, 3.05) is 14.2 Å². The minimum atomic E-state index is -0.979. The van der Waals surface area contributed by atoms with E-state index in [1.165, 1.54) is 0 Å². The van der Waals surface area contributed by atoms with E-state index in [1.807, 2.05) is 48.5 Å². The number of aliphatic carboxylic acids is 1. The number of aromatic nitrogens is 1. The van der Waals surface area contributed by atoms with Gasteiger partial charge in [-0.3, -0.25) is 4.79 Å². The van der Waals surface area contributed by atoms with Crippen molar-refractivity contribution in [3.8, 4) is 33.9 Å². The predicted molar refractivity (Wildman–Crippen MR) is 99.0 cm³/mol. The summed E-state index contributed by atoms with van der Waals surface area (Å²) in [6, 6.07) is 14.7. The second kappa shape index (κ2) is 8.89. The monoisotopic (exact) mass is 363 g/mol. The van der Waals surface area contributed by atoms with Gasteiger partial charge in [-0.25, -0.2) is 0 Å². The van der Waals surface area contributed by atoms with Gasteiger partial charge in [0, 0.05) is 5.56 Å². The van der Waals surface area contributed by atoms with E-state index in [0.29, 0.717) is 22.8 Å². The van der Waals surface area contributed by atoms with Crippen molar-refractivity contribution in [2.45, 2.75) is 6.42 Å². The molecule has 0 bridgehead atoms. The van der Waals surface area contributed by atoms with Crippen molar-refractivity contribution in [3.63, 3.8) is 0 Å². The normalized spacial score (nSPS) is 10.1. The summed E-state index contributed by atoms with van der Waals surface area (Å²) in [5.74, 6) is 0.769. The third kappa shape index (κ3) is 4.27. The Morgan fingerprint density at radius 3 is 1.92 bits per heavy atom. The van der Waals surface area contributed by atoms with Gasteiger partial charge >= 0.3 is 35.5 Å². The van der Waals surface area contributed by atoms with Gasteiger partial charge in [-0.1, -0.05) is 17.3 Å². The summed E-state index contributed by atoms with van der Waals surface area (Å²) in [6.07, 6.45) is -0.246. The molecule has 1 aromatic heterocycles. The summed E-state index contributed by atoms with van der Waals surface area (Å²) in [7, 11) is 3.19. The Morgan fingerprint density at radius 1 is 0.962 bits per heavy atom. The van der Waals surface area contributed by atoms with Crippen LogP contribution in [-0.4, -0.2) is 60.0 Å². The van der Waals surface area contributed by atoms with Crippen LogP contribution in [0.25, 0.3) is 22.4 Å². The van der Waals surface area contributed by atoms with Crippen LogP contribution in [0.1, 0.15) is 5.76 Å². The molecule has 0 fully saturated rings. The summed E-state index contributed by atoms with van der Waals surface area (Å²) in [5, 5.41) is 13.2. The van der Waals surface area contributed by atoms with Crippen LogP contribution in [0, 0.1) is 0 Å². The number of rotatable bonds is 6. The molecule has 1 N–H and O–H groups in total. The molecule has 0 spiro atoms. The van der Waals surface area contributed by atoms with E-state index in [1.54, 1.807) is 14.2 Å². The molecule has 0 aliphatic heterocycles. The summed E-state index contributed by atoms with van der Waals surface area (Å²) in [4.78, 5) is 11.2. The van der Waals surface area contributed by atoms with Crippen LogP contribution >= 0.6 is 0 Å². The molecular formula is C19H18NNaO5. The molecule has 0 aliphatic carbocycles. The first-order valence-electron chi connectivity index (χ1n) is 7.61. The van der Waals surface area contributed by atoms with E-state index in [0.717, 1.165) is 16.9 Å². The van der Waals surface area contributed by atoms with Crippen molar-refractivity contribution in [3.05, 3.63) is 54.3 Å². The van der Waals surface area contributed by atoms with Crippen LogP contribution in [0.15, 0.2) is 53.1 Å². The van der Waals surface area contributed by atoms with Crippen molar-refractivity contribution in [1.29, 1.82) is 0 Å². The van der Waals surface area contributed by atoms with Crippen LogP contribution < -0.4 is 9.47 Å². The molecule has 0 saturated carbocycles. The third-order valence-electron chi connectivity index (χ3n) is 3.82. The average Bonchev–Trinajstić information content (AvgIpc) is 3.04. The molecule has 2 aromatic carbocycles. The zero-order valence-corrected chi connectivity index (χ0v) is 13.9. The first-order valence-corrected chi connectivity index (χ1v) is 7.61. The summed E-state index contributed by atoms with van der Waals surface area (Å²) in [5.41, 5.74) is 2.87. The quantitative estimate of drug-likeness (QED) is 0.678. The van der Waals surface area contributed by atoms with E-state index >= 15 is 0 Å². The van der Waals surface area contributed by atoms with Gasteiger partial charge in [0.1, 0.15) is 23.6 Å². The Bertz CT molecular complexity index is 872. The summed E-state index contributed by atoms with van der Waals surface area (Å²) in [6.45, 7) is 0. The van der Waals surface area contributed by atoms with E-state index in [9.17, 15) is 4.79 Å². The molecule has 26 heavy (non-hydrogen) atoms. The Labute approximate surface area is 173 Å². The molecule has 0 atom stereocenters. The zero-order valence-electron chi connectivity index (χ0n) is 13.9. The van der Waals surface area contributed by atoms with Gasteiger partial charge in [-0.2, -0.15) is 0 Å². The van der Waals surface area contributed by atoms with Crippen molar-refractivity contribution < 1.29 is 23.9 Å². The molecule has 130 valence electrons. The van der Waals surface area contributed by atoms with Gasteiger partial charge < -0.3 is 19.1 Å². The second-order valence-corrected chi connectivity index (χ2v) is 5.36. The van der Waals surface area contributed by atoms with Gasteiger partial charge in [0.05, 0.1) is 19.8 Å². The summed E-state index contributed by atoms with van der Waals surface area (Å²) >= 11 is 0. The summed E-state index contributed by atoms with van der Waals surface area (Å²) < 4.78 is 15.7. The molecule has 0 aliphatic rings. The van der Waals surface area contributed by atoms with Gasteiger partial charge in [0.2, 0.25) is 0 Å². The van der Waals surface area contributed by atoms with E-state index in [2.05, 4.69) is 5.16 Å². The molecule has 0 saturated heterocycles. The number of ether oxygens (including phenoxy) is 2. The Hall–Kier alpha value is -2.28. The predicted octanol–water partition coefficient (Wildman–Crippen LogP) is 3.00. The average molecular weight is 363 g/mol. The SMILES string of the molecule is COc1ccc(-c2noc(CC(=O)O)c2-c2ccc(OC)cc2)cc1.[NaH]. The molecule has 6 nitrogen and oxygen atoms in total. The molecule has 0 amide bonds. The van der Waals surface area contributed by atoms with Gasteiger partial charge in [-0.05, 0) is 42.0 Å². The van der Waals surface area contributed by atoms with E-state index < -0.39 is 5.97 Å². The van der Waals surface area contributed by atoms with Crippen LogP contribution in [0.3, 0.4) is 0 Å². The topological polar surface area (TPSA) is 81.8 Å². The van der Waals surface area contributed by atoms with Crippen molar-refractivity contribution in [1.82, 2.24) is 5.16 Å². The van der Waals surface area contributed by atoms with E-state index in [4.69, 9.17) is 19.1 Å². The number of hydrogen-bond donors (Lipinski definition) is 1. The number of hydrogen-bond acceptors (Lipinski definition) is 5. The Morgan fingerprint density at radius 2 is 1.46 bits per heavy atom.